The SMILES string of the molecule is Cc1ccc(NCCN2CCCCc3ccccc32)cc1. The minimum absolute atomic E-state index is 0.984. The Balaban J connectivity index is 1.61. The van der Waals surface area contributed by atoms with Crippen molar-refractivity contribution in [3.05, 3.63) is 59.7 Å². The molecule has 0 atom stereocenters. The van der Waals surface area contributed by atoms with Gasteiger partial charge in [0.2, 0.25) is 0 Å². The minimum atomic E-state index is 0.984. The van der Waals surface area contributed by atoms with Crippen LogP contribution >= 0.6 is 0 Å². The maximum absolute atomic E-state index is 3.53. The van der Waals surface area contributed by atoms with Gasteiger partial charge in [0.25, 0.3) is 0 Å². The van der Waals surface area contributed by atoms with Crippen molar-refractivity contribution in [1.29, 1.82) is 0 Å². The molecule has 0 spiro atoms. The summed E-state index contributed by atoms with van der Waals surface area (Å²) in [5, 5.41) is 3.53. The molecule has 1 aliphatic heterocycles. The summed E-state index contributed by atoms with van der Waals surface area (Å²) in [6, 6.07) is 17.5. The molecule has 0 fully saturated rings. The van der Waals surface area contributed by atoms with Gasteiger partial charge in [-0.25, -0.2) is 0 Å². The van der Waals surface area contributed by atoms with Crippen molar-refractivity contribution < 1.29 is 0 Å². The van der Waals surface area contributed by atoms with Crippen molar-refractivity contribution in [3.63, 3.8) is 0 Å². The topological polar surface area (TPSA) is 15.3 Å². The second-order valence-electron chi connectivity index (χ2n) is 5.87. The van der Waals surface area contributed by atoms with Crippen LogP contribution in [0.3, 0.4) is 0 Å². The molecule has 0 unspecified atom stereocenters. The van der Waals surface area contributed by atoms with E-state index in [1.54, 1.807) is 0 Å². The molecule has 1 heterocycles. The normalized spacial score (nSPS) is 14.4. The van der Waals surface area contributed by atoms with E-state index in [1.165, 1.54) is 48.3 Å². The molecule has 0 aromatic heterocycles. The van der Waals surface area contributed by atoms with E-state index < -0.39 is 0 Å². The van der Waals surface area contributed by atoms with E-state index in [2.05, 4.69) is 65.7 Å². The van der Waals surface area contributed by atoms with E-state index in [0.717, 1.165) is 13.1 Å². The Morgan fingerprint density at radius 2 is 1.81 bits per heavy atom. The number of para-hydroxylation sites is 1. The van der Waals surface area contributed by atoms with Crippen molar-refractivity contribution in [3.8, 4) is 0 Å². The maximum atomic E-state index is 3.53. The van der Waals surface area contributed by atoms with Crippen molar-refractivity contribution in [2.45, 2.75) is 26.2 Å². The van der Waals surface area contributed by atoms with E-state index in [1.807, 2.05) is 0 Å². The Labute approximate surface area is 127 Å². The highest BCUT2D eigenvalue weighted by Crippen LogP contribution is 2.25. The highest BCUT2D eigenvalue weighted by molar-refractivity contribution is 5.54. The molecule has 2 heteroatoms. The van der Waals surface area contributed by atoms with Gasteiger partial charge in [0.1, 0.15) is 0 Å². The van der Waals surface area contributed by atoms with Crippen LogP contribution in [0.4, 0.5) is 11.4 Å². The second kappa shape index (κ2) is 6.66. The Morgan fingerprint density at radius 3 is 2.67 bits per heavy atom. The average molecular weight is 280 g/mol. The fourth-order valence-electron chi connectivity index (χ4n) is 3.01. The molecule has 1 N–H and O–H groups in total. The van der Waals surface area contributed by atoms with Crippen LogP contribution in [-0.2, 0) is 6.42 Å². The molecule has 3 rings (SSSR count). The molecule has 2 aromatic rings. The van der Waals surface area contributed by atoms with Gasteiger partial charge in [-0.1, -0.05) is 35.9 Å². The maximum Gasteiger partial charge on any atom is 0.0399 e. The van der Waals surface area contributed by atoms with Gasteiger partial charge in [-0.15, -0.1) is 0 Å². The van der Waals surface area contributed by atoms with Crippen LogP contribution in [0.5, 0.6) is 0 Å². The van der Waals surface area contributed by atoms with Gasteiger partial charge in [0, 0.05) is 31.0 Å². The summed E-state index contributed by atoms with van der Waals surface area (Å²) in [7, 11) is 0. The molecule has 2 aromatic carbocycles. The fraction of sp³-hybridized carbons (Fsp3) is 0.368. The van der Waals surface area contributed by atoms with Gasteiger partial charge in [-0.05, 0) is 49.9 Å². The Bertz CT molecular complexity index is 574. The first-order valence-electron chi connectivity index (χ1n) is 7.96. The fourth-order valence-corrected chi connectivity index (χ4v) is 3.01. The Morgan fingerprint density at radius 1 is 1.00 bits per heavy atom. The summed E-state index contributed by atoms with van der Waals surface area (Å²) in [5.74, 6) is 0. The molecule has 2 nitrogen and oxygen atoms in total. The monoisotopic (exact) mass is 280 g/mol. The first-order chi connectivity index (χ1) is 10.3. The van der Waals surface area contributed by atoms with Gasteiger partial charge in [-0.2, -0.15) is 0 Å². The van der Waals surface area contributed by atoms with Gasteiger partial charge in [0.15, 0.2) is 0 Å². The predicted molar refractivity (Wildman–Crippen MR) is 91.3 cm³/mol. The molecule has 0 radical (unpaired) electrons. The van der Waals surface area contributed by atoms with Crippen molar-refractivity contribution in [2.24, 2.45) is 0 Å². The molecule has 0 amide bonds. The lowest BCUT2D eigenvalue weighted by Gasteiger charge is -2.25. The Hall–Kier alpha value is -1.96. The molecule has 110 valence electrons. The van der Waals surface area contributed by atoms with Gasteiger partial charge >= 0.3 is 0 Å². The lowest BCUT2D eigenvalue weighted by atomic mass is 10.1. The molecular formula is C19H24N2. The summed E-state index contributed by atoms with van der Waals surface area (Å²) >= 11 is 0. The molecular weight excluding hydrogens is 256 g/mol. The van der Waals surface area contributed by atoms with Crippen molar-refractivity contribution in [1.82, 2.24) is 0 Å². The number of hydrogen-bond donors (Lipinski definition) is 1. The zero-order valence-corrected chi connectivity index (χ0v) is 12.8. The minimum Gasteiger partial charge on any atom is -0.383 e. The number of hydrogen-bond acceptors (Lipinski definition) is 2. The van der Waals surface area contributed by atoms with Gasteiger partial charge in [-0.3, -0.25) is 0 Å². The lowest BCUT2D eigenvalue weighted by Crippen LogP contribution is -2.29. The molecule has 0 saturated carbocycles. The number of benzene rings is 2. The van der Waals surface area contributed by atoms with Crippen molar-refractivity contribution in [2.75, 3.05) is 29.9 Å². The highest BCUT2D eigenvalue weighted by atomic mass is 15.1. The van der Waals surface area contributed by atoms with Crippen LogP contribution in [-0.4, -0.2) is 19.6 Å². The highest BCUT2D eigenvalue weighted by Gasteiger charge is 2.13. The number of fused-ring (bicyclic) bond motifs is 1. The third kappa shape index (κ3) is 3.57. The number of aryl methyl sites for hydroxylation is 2. The van der Waals surface area contributed by atoms with E-state index in [4.69, 9.17) is 0 Å². The summed E-state index contributed by atoms with van der Waals surface area (Å²) in [6.45, 7) is 5.34. The quantitative estimate of drug-likeness (QED) is 0.900. The summed E-state index contributed by atoms with van der Waals surface area (Å²) < 4.78 is 0. The van der Waals surface area contributed by atoms with Crippen LogP contribution in [0.25, 0.3) is 0 Å². The summed E-state index contributed by atoms with van der Waals surface area (Å²) in [5.41, 5.74) is 5.46. The lowest BCUT2D eigenvalue weighted by molar-refractivity contribution is 0.719. The van der Waals surface area contributed by atoms with Crippen LogP contribution in [0, 0.1) is 6.92 Å². The van der Waals surface area contributed by atoms with Gasteiger partial charge in [0.05, 0.1) is 0 Å². The van der Waals surface area contributed by atoms with Crippen LogP contribution in [0.1, 0.15) is 24.0 Å². The second-order valence-corrected chi connectivity index (χ2v) is 5.87. The number of nitrogens with zero attached hydrogens (tertiary/aromatic N) is 1. The Kier molecular flexibility index (Phi) is 4.44. The smallest absolute Gasteiger partial charge is 0.0399 e. The largest absolute Gasteiger partial charge is 0.383 e. The van der Waals surface area contributed by atoms with Crippen molar-refractivity contribution >= 4 is 11.4 Å². The average Bonchev–Trinajstić information content (AvgIpc) is 2.72. The molecule has 21 heavy (non-hydrogen) atoms. The number of anilines is 2. The molecule has 0 bridgehead atoms. The van der Waals surface area contributed by atoms with E-state index in [-0.39, 0.29) is 0 Å². The van der Waals surface area contributed by atoms with E-state index >= 15 is 0 Å². The molecule has 1 aliphatic rings. The van der Waals surface area contributed by atoms with Gasteiger partial charge < -0.3 is 10.2 Å². The third-order valence-electron chi connectivity index (χ3n) is 4.22. The van der Waals surface area contributed by atoms with E-state index in [9.17, 15) is 0 Å². The first-order valence-corrected chi connectivity index (χ1v) is 7.96. The standard InChI is InChI=1S/C19H24N2/c1-16-9-11-18(12-10-16)20-13-15-21-14-5-4-7-17-6-2-3-8-19(17)21/h2-3,6,8-12,20H,4-5,7,13-15H2,1H3. The zero-order valence-electron chi connectivity index (χ0n) is 12.8. The zero-order chi connectivity index (χ0) is 14.5. The predicted octanol–water partition coefficient (Wildman–Crippen LogP) is 4.25. The summed E-state index contributed by atoms with van der Waals surface area (Å²) in [4.78, 5) is 2.53. The molecule has 0 aliphatic carbocycles. The van der Waals surface area contributed by atoms with Crippen LogP contribution in [0.2, 0.25) is 0 Å². The number of nitrogens with one attached hydrogen (secondary N) is 1. The van der Waals surface area contributed by atoms with E-state index in [0.29, 0.717) is 0 Å². The summed E-state index contributed by atoms with van der Waals surface area (Å²) in [6.07, 6.45) is 3.82. The molecule has 0 saturated heterocycles. The van der Waals surface area contributed by atoms with Crippen LogP contribution < -0.4 is 10.2 Å². The number of rotatable bonds is 4. The van der Waals surface area contributed by atoms with Crippen LogP contribution in [0.15, 0.2) is 48.5 Å². The first kappa shape index (κ1) is 14.0. The third-order valence-corrected chi connectivity index (χ3v) is 4.22.